The van der Waals surface area contributed by atoms with Crippen LogP contribution in [0.25, 0.3) is 0 Å². The zero-order valence-electron chi connectivity index (χ0n) is 8.98. The molecule has 0 rings (SSSR count). The molecule has 4 heteroatoms. The van der Waals surface area contributed by atoms with Gasteiger partial charge in [0.05, 0.1) is 12.8 Å². The van der Waals surface area contributed by atoms with Gasteiger partial charge in [0.15, 0.2) is 0 Å². The first kappa shape index (κ1) is 14.5. The molecule has 0 spiro atoms. The normalized spacial score (nSPS) is 10.8. The summed E-state index contributed by atoms with van der Waals surface area (Å²) in [6.45, 7) is 8.10. The van der Waals surface area contributed by atoms with Gasteiger partial charge < -0.3 is 21.2 Å². The molecular formula is C9H21N3O. The van der Waals surface area contributed by atoms with Crippen LogP contribution in [0.15, 0.2) is 11.5 Å². The van der Waals surface area contributed by atoms with Gasteiger partial charge in [0.25, 0.3) is 0 Å². The Balaban J connectivity index is 0. The van der Waals surface area contributed by atoms with Gasteiger partial charge in [-0.05, 0) is 20.0 Å². The molecule has 0 aromatic heterocycles. The number of nitrogens with two attached hydrogens (primary N) is 1. The van der Waals surface area contributed by atoms with Crippen molar-refractivity contribution < 1.29 is 4.74 Å². The lowest BCUT2D eigenvalue weighted by molar-refractivity contribution is 0.290. The van der Waals surface area contributed by atoms with Gasteiger partial charge in [-0.2, -0.15) is 0 Å². The van der Waals surface area contributed by atoms with Crippen LogP contribution in [0, 0.1) is 5.41 Å². The van der Waals surface area contributed by atoms with E-state index in [0.717, 1.165) is 19.3 Å². The van der Waals surface area contributed by atoms with Crippen LogP contribution in [0.5, 0.6) is 0 Å². The highest BCUT2D eigenvalue weighted by molar-refractivity contribution is 5.74. The lowest BCUT2D eigenvalue weighted by Crippen LogP contribution is -2.09. The largest absolute Gasteiger partial charge is 0.499 e. The summed E-state index contributed by atoms with van der Waals surface area (Å²) in [5.41, 5.74) is 5.61. The van der Waals surface area contributed by atoms with Gasteiger partial charge in [-0.3, -0.25) is 0 Å². The monoisotopic (exact) mass is 187 g/mol. The summed E-state index contributed by atoms with van der Waals surface area (Å²) in [6, 6.07) is 0. The molecular weight excluding hydrogens is 166 g/mol. The van der Waals surface area contributed by atoms with Crippen LogP contribution in [0.1, 0.15) is 20.8 Å². The van der Waals surface area contributed by atoms with E-state index in [0.29, 0.717) is 11.5 Å². The Morgan fingerprint density at radius 2 is 1.92 bits per heavy atom. The molecule has 0 amide bonds. The third-order valence-electron chi connectivity index (χ3n) is 1.37. The smallest absolute Gasteiger partial charge is 0.117 e. The summed E-state index contributed by atoms with van der Waals surface area (Å²) in [4.78, 5) is 0. The molecule has 0 atom stereocenters. The van der Waals surface area contributed by atoms with Gasteiger partial charge in [0.1, 0.15) is 5.76 Å². The Morgan fingerprint density at radius 1 is 1.46 bits per heavy atom. The highest BCUT2D eigenvalue weighted by atomic mass is 16.5. The molecule has 4 N–H and O–H groups in total. The first-order valence-electron chi connectivity index (χ1n) is 4.35. The number of methoxy groups -OCH3 is 1. The molecule has 0 fully saturated rings. The van der Waals surface area contributed by atoms with Crippen LogP contribution in [0.3, 0.4) is 0 Å². The van der Waals surface area contributed by atoms with Crippen LogP contribution in [-0.4, -0.2) is 26.4 Å². The molecule has 0 aromatic carbocycles. The van der Waals surface area contributed by atoms with Crippen molar-refractivity contribution >= 4 is 6.21 Å². The Morgan fingerprint density at radius 3 is 2.00 bits per heavy atom. The fraction of sp³-hybridized carbons (Fsp3) is 0.667. The molecule has 0 saturated carbocycles. The first-order valence-corrected chi connectivity index (χ1v) is 4.35. The maximum absolute atomic E-state index is 6.65. The van der Waals surface area contributed by atoms with Crippen molar-refractivity contribution in [3.63, 3.8) is 0 Å². The van der Waals surface area contributed by atoms with Crippen molar-refractivity contribution in [2.45, 2.75) is 20.8 Å². The number of hydrogen-bond donors (Lipinski definition) is 3. The quantitative estimate of drug-likeness (QED) is 0.455. The van der Waals surface area contributed by atoms with Crippen molar-refractivity contribution in [2.75, 3.05) is 20.2 Å². The Labute approximate surface area is 80.7 Å². The van der Waals surface area contributed by atoms with Crippen molar-refractivity contribution in [1.29, 1.82) is 5.41 Å². The van der Waals surface area contributed by atoms with E-state index in [1.54, 1.807) is 6.92 Å². The van der Waals surface area contributed by atoms with E-state index < -0.39 is 0 Å². The minimum absolute atomic E-state index is 0.368. The third kappa shape index (κ3) is 11.0. The number of ether oxygens (including phenoxy) is 1. The van der Waals surface area contributed by atoms with E-state index in [-0.39, 0.29) is 0 Å². The molecule has 0 aliphatic carbocycles. The highest BCUT2D eigenvalue weighted by Gasteiger charge is 1.88. The molecule has 0 saturated heterocycles. The van der Waals surface area contributed by atoms with E-state index >= 15 is 0 Å². The molecule has 4 nitrogen and oxygen atoms in total. The molecule has 0 aliphatic rings. The topological polar surface area (TPSA) is 71.1 Å². The van der Waals surface area contributed by atoms with E-state index in [1.165, 1.54) is 7.11 Å². The number of allylic oxidation sites excluding steroid dienone is 2. The molecule has 0 heterocycles. The van der Waals surface area contributed by atoms with Crippen molar-refractivity contribution in [3.05, 3.63) is 11.5 Å². The minimum Gasteiger partial charge on any atom is -0.499 e. The van der Waals surface area contributed by atoms with Crippen LogP contribution in [0.2, 0.25) is 0 Å². The average Bonchev–Trinajstić information content (AvgIpc) is 2.17. The Hall–Kier alpha value is -1.03. The van der Waals surface area contributed by atoms with Crippen LogP contribution in [-0.2, 0) is 4.74 Å². The zero-order valence-corrected chi connectivity index (χ0v) is 8.98. The van der Waals surface area contributed by atoms with Gasteiger partial charge in [-0.1, -0.05) is 13.8 Å². The number of rotatable bonds is 4. The number of nitrogens with one attached hydrogen (secondary N) is 2. The third-order valence-corrected chi connectivity index (χ3v) is 1.37. The van der Waals surface area contributed by atoms with Crippen LogP contribution < -0.4 is 11.1 Å². The van der Waals surface area contributed by atoms with Crippen LogP contribution >= 0.6 is 0 Å². The molecule has 0 aliphatic heterocycles. The molecule has 13 heavy (non-hydrogen) atoms. The molecule has 0 aromatic rings. The lowest BCUT2D eigenvalue weighted by atomic mass is 10.4. The van der Waals surface area contributed by atoms with E-state index in [2.05, 4.69) is 19.2 Å². The summed E-state index contributed by atoms with van der Waals surface area (Å²) in [6.07, 6.45) is 1.05. The maximum Gasteiger partial charge on any atom is 0.117 e. The second-order valence-corrected chi connectivity index (χ2v) is 2.32. The second-order valence-electron chi connectivity index (χ2n) is 2.32. The predicted molar refractivity (Wildman–Crippen MR) is 56.9 cm³/mol. The van der Waals surface area contributed by atoms with E-state index in [1.807, 2.05) is 0 Å². The molecule has 0 bridgehead atoms. The summed E-state index contributed by atoms with van der Waals surface area (Å²) in [5, 5.41) is 9.77. The van der Waals surface area contributed by atoms with Crippen molar-refractivity contribution in [3.8, 4) is 0 Å². The molecule has 0 radical (unpaired) electrons. The van der Waals surface area contributed by atoms with E-state index in [4.69, 9.17) is 15.9 Å². The minimum atomic E-state index is 0.368. The van der Waals surface area contributed by atoms with Gasteiger partial charge in [0, 0.05) is 6.21 Å². The van der Waals surface area contributed by atoms with Crippen molar-refractivity contribution in [2.24, 2.45) is 5.73 Å². The van der Waals surface area contributed by atoms with Gasteiger partial charge in [0.2, 0.25) is 0 Å². The van der Waals surface area contributed by atoms with Gasteiger partial charge in [-0.25, -0.2) is 0 Å². The van der Waals surface area contributed by atoms with Gasteiger partial charge >= 0.3 is 0 Å². The second kappa shape index (κ2) is 11.0. The van der Waals surface area contributed by atoms with Gasteiger partial charge in [-0.15, -0.1) is 0 Å². The Kier molecular flexibility index (Phi) is 12.2. The number of hydrogen-bond acceptors (Lipinski definition) is 4. The molecule has 78 valence electrons. The summed E-state index contributed by atoms with van der Waals surface area (Å²) in [5.74, 6) is 0.583. The fourth-order valence-corrected chi connectivity index (χ4v) is 0.469. The zero-order chi connectivity index (χ0) is 10.7. The summed E-state index contributed by atoms with van der Waals surface area (Å²) in [7, 11) is 1.52. The highest BCUT2D eigenvalue weighted by Crippen LogP contribution is 1.93. The predicted octanol–water partition coefficient (Wildman–Crippen LogP) is 1.09. The lowest BCUT2D eigenvalue weighted by Gasteiger charge is -1.98. The average molecular weight is 187 g/mol. The van der Waals surface area contributed by atoms with E-state index in [9.17, 15) is 0 Å². The van der Waals surface area contributed by atoms with Crippen LogP contribution in [0.4, 0.5) is 0 Å². The Bertz CT molecular complexity index is 153. The molecule has 0 unspecified atom stereocenters. The summed E-state index contributed by atoms with van der Waals surface area (Å²) < 4.78 is 4.71. The maximum atomic E-state index is 6.65. The fourth-order valence-electron chi connectivity index (χ4n) is 0.469. The standard InChI is InChI=1S/C5H10N2O.C4H11N/c1-4(8-2)5(7)3-6;1-3-5-4-2/h3,6H,7H2,1-2H3;5H,3-4H2,1-2H3/b5-4-,6-3?;. The summed E-state index contributed by atoms with van der Waals surface area (Å²) >= 11 is 0. The SMILES string of the molecule is CCNCC.CO/C(C)=C(\N)C=N. The first-order chi connectivity index (χ1) is 6.13. The van der Waals surface area contributed by atoms with Crippen molar-refractivity contribution in [1.82, 2.24) is 5.32 Å².